The number of nitrogens with zero attached hydrogens (tertiary/aromatic N) is 4. The second-order valence-corrected chi connectivity index (χ2v) is 8.44. The molecular weight excluding hydrogens is 344 g/mol. The number of fused-ring (bicyclic) bond motifs is 2. The topological polar surface area (TPSA) is 35.6 Å². The summed E-state index contributed by atoms with van der Waals surface area (Å²) >= 11 is 0. The lowest BCUT2D eigenvalue weighted by Crippen LogP contribution is -2.06. The highest BCUT2D eigenvalue weighted by Gasteiger charge is 2.18. The zero-order valence-electron chi connectivity index (χ0n) is 17.6. The van der Waals surface area contributed by atoms with Gasteiger partial charge in [-0.25, -0.2) is 4.98 Å². The lowest BCUT2D eigenvalue weighted by Gasteiger charge is -2.18. The van der Waals surface area contributed by atoms with Crippen molar-refractivity contribution in [2.45, 2.75) is 58.4 Å². The average Bonchev–Trinajstić information content (AvgIpc) is 3.25. The van der Waals surface area contributed by atoms with Crippen LogP contribution in [0.2, 0.25) is 0 Å². The smallest absolute Gasteiger partial charge is 0.139 e. The van der Waals surface area contributed by atoms with Crippen LogP contribution in [0.5, 0.6) is 0 Å². The number of aromatic nitrogens is 4. The first-order valence-corrected chi connectivity index (χ1v) is 10.3. The fraction of sp³-hybridized carbons (Fsp3) is 0.417. The minimum Gasteiger partial charge on any atom is -0.343 e. The van der Waals surface area contributed by atoms with Gasteiger partial charge in [-0.3, -0.25) is 4.98 Å². The third-order valence-corrected chi connectivity index (χ3v) is 6.08. The van der Waals surface area contributed by atoms with E-state index in [2.05, 4.69) is 78.4 Å². The van der Waals surface area contributed by atoms with Crippen LogP contribution in [0.1, 0.15) is 69.5 Å². The molecule has 4 aromatic heterocycles. The van der Waals surface area contributed by atoms with Crippen LogP contribution in [0.4, 0.5) is 0 Å². The van der Waals surface area contributed by atoms with Crippen LogP contribution in [-0.2, 0) is 7.05 Å². The van der Waals surface area contributed by atoms with Crippen LogP contribution in [0.3, 0.4) is 0 Å². The van der Waals surface area contributed by atoms with Gasteiger partial charge in [-0.15, -0.1) is 0 Å². The first-order valence-electron chi connectivity index (χ1n) is 10.3. The van der Waals surface area contributed by atoms with Gasteiger partial charge in [0.15, 0.2) is 0 Å². The molecule has 4 nitrogen and oxygen atoms in total. The summed E-state index contributed by atoms with van der Waals surface area (Å²) in [4.78, 5) is 8.91. The summed E-state index contributed by atoms with van der Waals surface area (Å²) in [5.41, 5.74) is 5.14. The number of aryl methyl sites for hydroxylation is 1. The summed E-state index contributed by atoms with van der Waals surface area (Å²) in [6, 6.07) is 6.82. The van der Waals surface area contributed by atoms with Gasteiger partial charge in [-0.1, -0.05) is 20.8 Å². The van der Waals surface area contributed by atoms with E-state index >= 15 is 0 Å². The minimum absolute atomic E-state index is 0.440. The Morgan fingerprint density at radius 3 is 2.54 bits per heavy atom. The summed E-state index contributed by atoms with van der Waals surface area (Å²) in [5, 5.41) is 2.62. The number of hydrogen-bond donors (Lipinski definition) is 0. The molecule has 2 unspecified atom stereocenters. The molecule has 0 saturated carbocycles. The van der Waals surface area contributed by atoms with Crippen molar-refractivity contribution in [2.24, 2.45) is 7.05 Å². The molecule has 2 atom stereocenters. The maximum atomic E-state index is 4.53. The van der Waals surface area contributed by atoms with Gasteiger partial charge in [0.25, 0.3) is 0 Å². The first-order chi connectivity index (χ1) is 13.5. The predicted octanol–water partition coefficient (Wildman–Crippen LogP) is 6.19. The van der Waals surface area contributed by atoms with Gasteiger partial charge in [0.1, 0.15) is 5.65 Å². The van der Waals surface area contributed by atoms with E-state index in [-0.39, 0.29) is 0 Å². The maximum Gasteiger partial charge on any atom is 0.139 e. The molecule has 0 aliphatic heterocycles. The molecule has 0 fully saturated rings. The lowest BCUT2D eigenvalue weighted by atomic mass is 9.94. The van der Waals surface area contributed by atoms with E-state index in [9.17, 15) is 0 Å². The molecule has 0 aliphatic rings. The predicted molar refractivity (Wildman–Crippen MR) is 117 cm³/mol. The zero-order valence-corrected chi connectivity index (χ0v) is 17.6. The molecular formula is C24H30N4. The van der Waals surface area contributed by atoms with E-state index in [1.807, 2.05) is 24.7 Å². The molecule has 146 valence electrons. The van der Waals surface area contributed by atoms with Crippen LogP contribution < -0.4 is 0 Å². The van der Waals surface area contributed by atoms with Gasteiger partial charge in [-0.2, -0.15) is 0 Å². The van der Waals surface area contributed by atoms with Gasteiger partial charge in [0, 0.05) is 48.6 Å². The van der Waals surface area contributed by atoms with Crippen molar-refractivity contribution in [1.82, 2.24) is 19.1 Å². The molecule has 0 amide bonds. The molecule has 4 heterocycles. The van der Waals surface area contributed by atoms with Crippen LogP contribution in [0, 0.1) is 0 Å². The summed E-state index contributed by atoms with van der Waals surface area (Å²) in [7, 11) is 2.08. The average molecular weight is 375 g/mol. The Balaban J connectivity index is 1.56. The van der Waals surface area contributed by atoms with E-state index in [1.165, 1.54) is 27.4 Å². The SMILES string of the molecule is CC(C)c1cn(C(C)CCC(C)c2cn(C)c3ncccc23)c2cnccc12. The fourth-order valence-electron chi connectivity index (χ4n) is 4.37. The summed E-state index contributed by atoms with van der Waals surface area (Å²) in [5.74, 6) is 1.01. The van der Waals surface area contributed by atoms with Gasteiger partial charge in [-0.05, 0) is 60.9 Å². The maximum absolute atomic E-state index is 4.53. The van der Waals surface area contributed by atoms with Crippen LogP contribution >= 0.6 is 0 Å². The Labute approximate surface area is 167 Å². The van der Waals surface area contributed by atoms with Crippen LogP contribution in [0.25, 0.3) is 21.9 Å². The van der Waals surface area contributed by atoms with Gasteiger partial charge in [0.2, 0.25) is 0 Å². The van der Waals surface area contributed by atoms with Gasteiger partial charge < -0.3 is 9.13 Å². The Bertz CT molecular complexity index is 1100. The summed E-state index contributed by atoms with van der Waals surface area (Å²) < 4.78 is 4.57. The van der Waals surface area contributed by atoms with E-state index in [4.69, 9.17) is 0 Å². The van der Waals surface area contributed by atoms with Crippen LogP contribution in [-0.4, -0.2) is 19.1 Å². The number of pyridine rings is 2. The second kappa shape index (κ2) is 7.42. The Kier molecular flexibility index (Phi) is 4.96. The molecule has 4 rings (SSSR count). The molecule has 0 bridgehead atoms. The molecule has 28 heavy (non-hydrogen) atoms. The monoisotopic (exact) mass is 374 g/mol. The van der Waals surface area contributed by atoms with Crippen molar-refractivity contribution in [2.75, 3.05) is 0 Å². The highest BCUT2D eigenvalue weighted by Crippen LogP contribution is 2.33. The molecule has 0 spiro atoms. The van der Waals surface area contributed by atoms with Crippen molar-refractivity contribution in [1.29, 1.82) is 0 Å². The Hall–Kier alpha value is -2.62. The highest BCUT2D eigenvalue weighted by atomic mass is 15.0. The molecule has 0 radical (unpaired) electrons. The van der Waals surface area contributed by atoms with E-state index in [0.717, 1.165) is 18.5 Å². The van der Waals surface area contributed by atoms with Crippen molar-refractivity contribution >= 4 is 21.9 Å². The van der Waals surface area contributed by atoms with E-state index in [1.54, 1.807) is 0 Å². The van der Waals surface area contributed by atoms with E-state index in [0.29, 0.717) is 17.9 Å². The third kappa shape index (κ3) is 3.21. The Morgan fingerprint density at radius 2 is 1.75 bits per heavy atom. The zero-order chi connectivity index (χ0) is 19.8. The quantitative estimate of drug-likeness (QED) is 0.403. The van der Waals surface area contributed by atoms with Gasteiger partial charge in [0.05, 0.1) is 11.7 Å². The number of rotatable bonds is 6. The van der Waals surface area contributed by atoms with Crippen molar-refractivity contribution in [3.63, 3.8) is 0 Å². The van der Waals surface area contributed by atoms with Crippen molar-refractivity contribution < 1.29 is 0 Å². The summed E-state index contributed by atoms with van der Waals surface area (Å²) in [6.07, 6.45) is 12.7. The molecule has 0 aromatic carbocycles. The molecule has 0 saturated heterocycles. The Morgan fingerprint density at radius 1 is 0.929 bits per heavy atom. The fourth-order valence-corrected chi connectivity index (χ4v) is 4.37. The molecule has 0 N–H and O–H groups in total. The molecule has 0 aliphatic carbocycles. The normalized spacial score (nSPS) is 14.2. The van der Waals surface area contributed by atoms with Crippen LogP contribution in [0.15, 0.2) is 49.2 Å². The highest BCUT2D eigenvalue weighted by molar-refractivity contribution is 5.84. The van der Waals surface area contributed by atoms with Gasteiger partial charge >= 0.3 is 0 Å². The van der Waals surface area contributed by atoms with Crippen molar-refractivity contribution in [3.8, 4) is 0 Å². The van der Waals surface area contributed by atoms with E-state index < -0.39 is 0 Å². The summed E-state index contributed by atoms with van der Waals surface area (Å²) in [6.45, 7) is 9.19. The second-order valence-electron chi connectivity index (χ2n) is 8.44. The standard InChI is InChI=1S/C24H30N4/c1-16(2)21-15-28(23-13-25-12-10-19(21)23)18(4)9-8-17(3)22-14-27(5)24-20(22)7-6-11-26-24/h6-7,10-18H,8-9H2,1-5H3. The largest absolute Gasteiger partial charge is 0.343 e. The van der Waals surface area contributed by atoms with Crippen molar-refractivity contribution in [3.05, 3.63) is 60.3 Å². The minimum atomic E-state index is 0.440. The third-order valence-electron chi connectivity index (χ3n) is 6.08. The first kappa shape index (κ1) is 18.7. The molecule has 4 aromatic rings. The number of hydrogen-bond acceptors (Lipinski definition) is 2. The lowest BCUT2D eigenvalue weighted by molar-refractivity contribution is 0.476. The molecule has 4 heteroatoms.